The highest BCUT2D eigenvalue weighted by molar-refractivity contribution is 5.72. The van der Waals surface area contributed by atoms with Crippen molar-refractivity contribution < 1.29 is 24.8 Å². The number of hydrogen-bond acceptors (Lipinski definition) is 6. The summed E-state index contributed by atoms with van der Waals surface area (Å²) in [6.07, 6.45) is 0. The number of rotatable bonds is 6. The van der Waals surface area contributed by atoms with E-state index in [2.05, 4.69) is 5.10 Å². The molecule has 0 amide bonds. The second kappa shape index (κ2) is 7.37. The average Bonchev–Trinajstić information content (AvgIpc) is 3.06. The molecule has 0 fully saturated rings. The third-order valence-electron chi connectivity index (χ3n) is 4.04. The van der Waals surface area contributed by atoms with Crippen LogP contribution in [0.15, 0.2) is 42.5 Å². The van der Waals surface area contributed by atoms with E-state index in [4.69, 9.17) is 9.47 Å². The number of aliphatic hydroxyl groups excluding tert-OH is 1. The normalized spacial score (nSPS) is 10.7. The lowest BCUT2D eigenvalue weighted by atomic mass is 10.1. The van der Waals surface area contributed by atoms with Crippen LogP contribution in [0.2, 0.25) is 0 Å². The molecule has 0 aliphatic heterocycles. The molecule has 7 nitrogen and oxygen atoms in total. The van der Waals surface area contributed by atoms with Crippen LogP contribution in [0.5, 0.6) is 23.0 Å². The van der Waals surface area contributed by atoms with E-state index in [0.717, 1.165) is 11.3 Å². The highest BCUT2D eigenvalue weighted by Crippen LogP contribution is 2.35. The molecule has 136 valence electrons. The topological polar surface area (TPSA) is 97.0 Å². The van der Waals surface area contributed by atoms with Crippen molar-refractivity contribution in [3.8, 4) is 45.5 Å². The SMILES string of the molecule is COc1ccc(-c2cc(-c3ccc(O)c(OC)c3)n(CCO)n2)cc1O. The van der Waals surface area contributed by atoms with Crippen LogP contribution in [0.4, 0.5) is 0 Å². The van der Waals surface area contributed by atoms with E-state index in [1.807, 2.05) is 6.07 Å². The quantitative estimate of drug-likeness (QED) is 0.628. The average molecular weight is 356 g/mol. The Morgan fingerprint density at radius 3 is 2.27 bits per heavy atom. The molecule has 0 atom stereocenters. The van der Waals surface area contributed by atoms with Crippen LogP contribution in [0, 0.1) is 0 Å². The molecule has 0 unspecified atom stereocenters. The van der Waals surface area contributed by atoms with Gasteiger partial charge < -0.3 is 24.8 Å². The van der Waals surface area contributed by atoms with Crippen molar-refractivity contribution in [3.05, 3.63) is 42.5 Å². The first kappa shape index (κ1) is 17.6. The Balaban J connectivity index is 2.08. The monoisotopic (exact) mass is 356 g/mol. The molecular formula is C19H20N2O5. The zero-order valence-corrected chi connectivity index (χ0v) is 14.5. The molecule has 0 saturated carbocycles. The van der Waals surface area contributed by atoms with Crippen molar-refractivity contribution in [3.63, 3.8) is 0 Å². The summed E-state index contributed by atoms with van der Waals surface area (Å²) < 4.78 is 11.9. The Bertz CT molecular complexity index is 920. The second-order valence-electron chi connectivity index (χ2n) is 5.63. The third kappa shape index (κ3) is 3.29. The van der Waals surface area contributed by atoms with Crippen LogP contribution < -0.4 is 9.47 Å². The first-order valence-electron chi connectivity index (χ1n) is 8.01. The fraction of sp³-hybridized carbons (Fsp3) is 0.211. The molecule has 3 N–H and O–H groups in total. The van der Waals surface area contributed by atoms with Gasteiger partial charge in [0.1, 0.15) is 0 Å². The minimum Gasteiger partial charge on any atom is -0.504 e. The molecule has 1 aromatic heterocycles. The molecule has 0 radical (unpaired) electrons. The number of aromatic hydroxyl groups is 2. The number of aliphatic hydroxyl groups is 1. The van der Waals surface area contributed by atoms with Gasteiger partial charge in [-0.1, -0.05) is 0 Å². The largest absolute Gasteiger partial charge is 0.504 e. The van der Waals surface area contributed by atoms with Gasteiger partial charge in [-0.3, -0.25) is 4.68 Å². The van der Waals surface area contributed by atoms with Gasteiger partial charge in [0.2, 0.25) is 0 Å². The fourth-order valence-corrected chi connectivity index (χ4v) is 2.74. The fourth-order valence-electron chi connectivity index (χ4n) is 2.74. The first-order valence-corrected chi connectivity index (χ1v) is 8.01. The lowest BCUT2D eigenvalue weighted by Crippen LogP contribution is -2.05. The van der Waals surface area contributed by atoms with Crippen molar-refractivity contribution in [1.29, 1.82) is 0 Å². The molecule has 26 heavy (non-hydrogen) atoms. The van der Waals surface area contributed by atoms with E-state index in [0.29, 0.717) is 29.3 Å². The number of phenolic OH excluding ortho intramolecular Hbond substituents is 2. The van der Waals surface area contributed by atoms with Gasteiger partial charge in [0, 0.05) is 11.1 Å². The van der Waals surface area contributed by atoms with Crippen LogP contribution in [0.1, 0.15) is 0 Å². The van der Waals surface area contributed by atoms with Gasteiger partial charge in [-0.15, -0.1) is 0 Å². The van der Waals surface area contributed by atoms with Crippen molar-refractivity contribution in [2.24, 2.45) is 0 Å². The summed E-state index contributed by atoms with van der Waals surface area (Å²) in [5, 5.41) is 33.7. The highest BCUT2D eigenvalue weighted by atomic mass is 16.5. The van der Waals surface area contributed by atoms with E-state index in [-0.39, 0.29) is 18.1 Å². The lowest BCUT2D eigenvalue weighted by molar-refractivity contribution is 0.270. The second-order valence-corrected chi connectivity index (χ2v) is 5.63. The van der Waals surface area contributed by atoms with Crippen molar-refractivity contribution in [1.82, 2.24) is 9.78 Å². The lowest BCUT2D eigenvalue weighted by Gasteiger charge is -2.08. The van der Waals surface area contributed by atoms with Gasteiger partial charge in [-0.2, -0.15) is 5.10 Å². The van der Waals surface area contributed by atoms with Crippen molar-refractivity contribution in [2.75, 3.05) is 20.8 Å². The molecule has 0 bridgehead atoms. The number of benzene rings is 2. The Hall–Kier alpha value is -3.19. The zero-order valence-electron chi connectivity index (χ0n) is 14.5. The molecule has 2 aromatic carbocycles. The minimum atomic E-state index is -0.0722. The van der Waals surface area contributed by atoms with Gasteiger partial charge in [-0.25, -0.2) is 0 Å². The summed E-state index contributed by atoms with van der Waals surface area (Å²) >= 11 is 0. The number of ether oxygens (including phenoxy) is 2. The van der Waals surface area contributed by atoms with E-state index in [9.17, 15) is 15.3 Å². The predicted octanol–water partition coefficient (Wildman–Crippen LogP) is 2.64. The maximum Gasteiger partial charge on any atom is 0.161 e. The molecule has 0 spiro atoms. The zero-order chi connectivity index (χ0) is 18.7. The number of aromatic nitrogens is 2. The highest BCUT2D eigenvalue weighted by Gasteiger charge is 2.14. The molecule has 0 aliphatic rings. The van der Waals surface area contributed by atoms with E-state index >= 15 is 0 Å². The van der Waals surface area contributed by atoms with Crippen LogP contribution in [0.3, 0.4) is 0 Å². The van der Waals surface area contributed by atoms with E-state index < -0.39 is 0 Å². The van der Waals surface area contributed by atoms with Gasteiger partial charge in [-0.05, 0) is 42.5 Å². The minimum absolute atomic E-state index is 0.0227. The Labute approximate surface area is 150 Å². The van der Waals surface area contributed by atoms with E-state index in [1.54, 1.807) is 41.1 Å². The summed E-state index contributed by atoms with van der Waals surface area (Å²) in [5.41, 5.74) is 2.89. The number of nitrogens with zero attached hydrogens (tertiary/aromatic N) is 2. The van der Waals surface area contributed by atoms with Gasteiger partial charge >= 0.3 is 0 Å². The number of hydrogen-bond donors (Lipinski definition) is 3. The van der Waals surface area contributed by atoms with Crippen LogP contribution >= 0.6 is 0 Å². The Kier molecular flexibility index (Phi) is 4.99. The maximum atomic E-state index is 10.0. The van der Waals surface area contributed by atoms with Crippen molar-refractivity contribution in [2.45, 2.75) is 6.54 Å². The standard InChI is InChI=1S/C19H20N2O5/c1-25-18-6-4-12(9-17(18)24)14-11-15(21(20-14)7-8-22)13-3-5-16(23)19(10-13)26-2/h3-6,9-11,22-24H,7-8H2,1-2H3. The van der Waals surface area contributed by atoms with Gasteiger partial charge in [0.15, 0.2) is 23.0 Å². The Morgan fingerprint density at radius 2 is 1.62 bits per heavy atom. The maximum absolute atomic E-state index is 10.0. The van der Waals surface area contributed by atoms with Crippen LogP contribution in [0.25, 0.3) is 22.5 Å². The molecule has 0 saturated heterocycles. The molecular weight excluding hydrogens is 336 g/mol. The summed E-state index contributed by atoms with van der Waals surface area (Å²) in [6.45, 7) is 0.234. The molecule has 1 heterocycles. The summed E-state index contributed by atoms with van der Waals surface area (Å²) in [4.78, 5) is 0. The molecule has 0 aliphatic carbocycles. The number of phenols is 2. The third-order valence-corrected chi connectivity index (χ3v) is 4.04. The van der Waals surface area contributed by atoms with E-state index in [1.165, 1.54) is 14.2 Å². The number of methoxy groups -OCH3 is 2. The van der Waals surface area contributed by atoms with Crippen LogP contribution in [-0.4, -0.2) is 45.9 Å². The Morgan fingerprint density at radius 1 is 0.885 bits per heavy atom. The molecule has 7 heteroatoms. The first-order chi connectivity index (χ1) is 12.6. The summed E-state index contributed by atoms with van der Waals surface area (Å²) in [7, 11) is 2.97. The van der Waals surface area contributed by atoms with Gasteiger partial charge in [0.05, 0.1) is 38.8 Å². The van der Waals surface area contributed by atoms with Crippen LogP contribution in [-0.2, 0) is 6.54 Å². The summed E-state index contributed by atoms with van der Waals surface area (Å²) in [5.74, 6) is 0.800. The smallest absolute Gasteiger partial charge is 0.161 e. The predicted molar refractivity (Wildman–Crippen MR) is 96.6 cm³/mol. The van der Waals surface area contributed by atoms with Crippen molar-refractivity contribution >= 4 is 0 Å². The van der Waals surface area contributed by atoms with Gasteiger partial charge in [0.25, 0.3) is 0 Å². The molecule has 3 rings (SSSR count). The molecule has 3 aromatic rings. The summed E-state index contributed by atoms with van der Waals surface area (Å²) in [6, 6.07) is 11.9.